The summed E-state index contributed by atoms with van der Waals surface area (Å²) in [4.78, 5) is 24.7. The predicted molar refractivity (Wildman–Crippen MR) is 58.3 cm³/mol. The van der Waals surface area contributed by atoms with Gasteiger partial charge in [-0.2, -0.15) is 0 Å². The van der Waals surface area contributed by atoms with Gasteiger partial charge in [0.05, 0.1) is 13.0 Å². The van der Waals surface area contributed by atoms with Crippen LogP contribution in [0.1, 0.15) is 34.1 Å². The molecule has 0 radical (unpaired) electrons. The Kier molecular flexibility index (Phi) is 6.75. The molecule has 0 spiro atoms. The molecule has 88 valence electrons. The maximum Gasteiger partial charge on any atom is 0.306 e. The van der Waals surface area contributed by atoms with Crippen LogP contribution in [-0.2, 0) is 14.3 Å². The Hall–Kier alpha value is -1.06. The smallest absolute Gasteiger partial charge is 0.306 e. The van der Waals surface area contributed by atoms with Crippen LogP contribution in [0.15, 0.2) is 0 Å². The number of hydrogen-bond acceptors (Lipinski definition) is 3. The van der Waals surface area contributed by atoms with Crippen LogP contribution in [0.5, 0.6) is 0 Å². The van der Waals surface area contributed by atoms with Crippen molar-refractivity contribution in [3.8, 4) is 0 Å². The van der Waals surface area contributed by atoms with Crippen molar-refractivity contribution in [2.45, 2.75) is 34.1 Å². The lowest BCUT2D eigenvalue weighted by molar-refractivity contribution is -0.148. The van der Waals surface area contributed by atoms with Gasteiger partial charge in [-0.05, 0) is 20.8 Å². The third-order valence-corrected chi connectivity index (χ3v) is 2.27. The molecule has 0 heterocycles. The molecule has 1 amide bonds. The largest absolute Gasteiger partial charge is 0.466 e. The van der Waals surface area contributed by atoms with Crippen LogP contribution < -0.4 is 0 Å². The molecule has 0 rings (SSSR count). The van der Waals surface area contributed by atoms with E-state index in [2.05, 4.69) is 0 Å². The maximum absolute atomic E-state index is 11.8. The quantitative estimate of drug-likeness (QED) is 0.630. The Morgan fingerprint density at radius 1 is 1.20 bits per heavy atom. The molecule has 0 aromatic carbocycles. The average molecular weight is 215 g/mol. The fourth-order valence-corrected chi connectivity index (χ4v) is 1.40. The molecule has 0 N–H and O–H groups in total. The van der Waals surface area contributed by atoms with E-state index in [1.165, 1.54) is 0 Å². The van der Waals surface area contributed by atoms with Gasteiger partial charge in [-0.1, -0.05) is 6.92 Å². The number of carbonyl (C=O) groups is 2. The first-order valence-electron chi connectivity index (χ1n) is 5.51. The molecule has 0 bridgehead atoms. The summed E-state index contributed by atoms with van der Waals surface area (Å²) in [5.74, 6) is -0.567. The van der Waals surface area contributed by atoms with E-state index in [4.69, 9.17) is 4.74 Å². The van der Waals surface area contributed by atoms with Gasteiger partial charge in [0.15, 0.2) is 0 Å². The van der Waals surface area contributed by atoms with Crippen molar-refractivity contribution in [1.29, 1.82) is 0 Å². The van der Waals surface area contributed by atoms with E-state index < -0.39 is 0 Å². The van der Waals surface area contributed by atoms with Crippen LogP contribution in [0.2, 0.25) is 0 Å². The summed E-state index contributed by atoms with van der Waals surface area (Å²) in [6.07, 6.45) is 0.170. The molecule has 1 atom stereocenters. The molecule has 0 fully saturated rings. The first kappa shape index (κ1) is 13.9. The number of esters is 1. The fraction of sp³-hybridized carbons (Fsp3) is 0.818. The average Bonchev–Trinajstić information content (AvgIpc) is 2.19. The fourth-order valence-electron chi connectivity index (χ4n) is 1.40. The highest BCUT2D eigenvalue weighted by Gasteiger charge is 2.21. The summed E-state index contributed by atoms with van der Waals surface area (Å²) in [6.45, 7) is 9.11. The Labute approximate surface area is 91.6 Å². The molecule has 15 heavy (non-hydrogen) atoms. The normalized spacial score (nSPS) is 12.0. The third kappa shape index (κ3) is 4.81. The van der Waals surface area contributed by atoms with E-state index >= 15 is 0 Å². The van der Waals surface area contributed by atoms with Crippen LogP contribution in [0.4, 0.5) is 0 Å². The zero-order chi connectivity index (χ0) is 11.8. The standard InChI is InChI=1S/C11H21NO3/c1-5-12(6-2)11(14)9(4)8-10(13)15-7-3/h9H,5-8H2,1-4H3. The summed E-state index contributed by atoms with van der Waals surface area (Å²) < 4.78 is 4.80. The van der Waals surface area contributed by atoms with E-state index in [1.54, 1.807) is 18.7 Å². The van der Waals surface area contributed by atoms with E-state index in [0.29, 0.717) is 19.7 Å². The number of amides is 1. The lowest BCUT2D eigenvalue weighted by Crippen LogP contribution is -2.35. The second kappa shape index (κ2) is 7.26. The molecule has 0 aromatic rings. The number of rotatable bonds is 6. The topological polar surface area (TPSA) is 46.6 Å². The molecule has 0 aromatic heterocycles. The first-order chi connectivity index (χ1) is 7.06. The minimum Gasteiger partial charge on any atom is -0.466 e. The molecule has 4 nitrogen and oxygen atoms in total. The zero-order valence-electron chi connectivity index (χ0n) is 10.1. The van der Waals surface area contributed by atoms with Crippen molar-refractivity contribution in [3.05, 3.63) is 0 Å². The summed E-state index contributed by atoms with van der Waals surface area (Å²) in [5, 5.41) is 0. The number of ether oxygens (including phenoxy) is 1. The molecule has 0 aliphatic heterocycles. The minimum atomic E-state index is -0.300. The summed E-state index contributed by atoms with van der Waals surface area (Å²) in [6, 6.07) is 0. The lowest BCUT2D eigenvalue weighted by atomic mass is 10.1. The summed E-state index contributed by atoms with van der Waals surface area (Å²) in [7, 11) is 0. The van der Waals surface area contributed by atoms with Crippen LogP contribution in [-0.4, -0.2) is 36.5 Å². The molecular weight excluding hydrogens is 194 g/mol. The summed E-state index contributed by atoms with van der Waals surface area (Å²) >= 11 is 0. The number of carbonyl (C=O) groups excluding carboxylic acids is 2. The Morgan fingerprint density at radius 2 is 1.73 bits per heavy atom. The van der Waals surface area contributed by atoms with Crippen molar-refractivity contribution in [2.24, 2.45) is 5.92 Å². The molecule has 1 unspecified atom stereocenters. The van der Waals surface area contributed by atoms with Gasteiger partial charge in [-0.15, -0.1) is 0 Å². The van der Waals surface area contributed by atoms with Gasteiger partial charge in [0.1, 0.15) is 0 Å². The maximum atomic E-state index is 11.8. The second-order valence-corrected chi connectivity index (χ2v) is 3.42. The highest BCUT2D eigenvalue weighted by Crippen LogP contribution is 2.08. The van der Waals surface area contributed by atoms with Gasteiger partial charge in [0.25, 0.3) is 0 Å². The van der Waals surface area contributed by atoms with Gasteiger partial charge in [0, 0.05) is 19.0 Å². The third-order valence-electron chi connectivity index (χ3n) is 2.27. The van der Waals surface area contributed by atoms with Crippen molar-refractivity contribution >= 4 is 11.9 Å². The lowest BCUT2D eigenvalue weighted by Gasteiger charge is -2.22. The number of hydrogen-bond donors (Lipinski definition) is 0. The summed E-state index contributed by atoms with van der Waals surface area (Å²) in [5.41, 5.74) is 0. The van der Waals surface area contributed by atoms with Crippen molar-refractivity contribution in [2.75, 3.05) is 19.7 Å². The van der Waals surface area contributed by atoms with E-state index in [-0.39, 0.29) is 24.2 Å². The van der Waals surface area contributed by atoms with Crippen molar-refractivity contribution in [1.82, 2.24) is 4.90 Å². The Morgan fingerprint density at radius 3 is 2.13 bits per heavy atom. The molecule has 0 saturated carbocycles. The van der Waals surface area contributed by atoms with Crippen molar-refractivity contribution < 1.29 is 14.3 Å². The Balaban J connectivity index is 4.13. The molecule has 0 saturated heterocycles. The van der Waals surface area contributed by atoms with Gasteiger partial charge in [0.2, 0.25) is 5.91 Å². The van der Waals surface area contributed by atoms with Gasteiger partial charge in [-0.3, -0.25) is 9.59 Å². The van der Waals surface area contributed by atoms with Gasteiger partial charge < -0.3 is 9.64 Å². The number of nitrogens with zero attached hydrogens (tertiary/aromatic N) is 1. The molecule has 0 aliphatic carbocycles. The molecular formula is C11H21NO3. The predicted octanol–water partition coefficient (Wildman–Crippen LogP) is 1.44. The molecule has 0 aliphatic rings. The first-order valence-corrected chi connectivity index (χ1v) is 5.51. The Bertz CT molecular complexity index is 212. The van der Waals surface area contributed by atoms with E-state index in [0.717, 1.165) is 0 Å². The minimum absolute atomic E-state index is 0.0213. The SMILES string of the molecule is CCOC(=O)CC(C)C(=O)N(CC)CC. The van der Waals surface area contributed by atoms with E-state index in [9.17, 15) is 9.59 Å². The van der Waals surface area contributed by atoms with Gasteiger partial charge >= 0.3 is 5.97 Å². The van der Waals surface area contributed by atoms with E-state index in [1.807, 2.05) is 13.8 Å². The second-order valence-electron chi connectivity index (χ2n) is 3.42. The van der Waals surface area contributed by atoms with Crippen LogP contribution in [0, 0.1) is 5.92 Å². The van der Waals surface area contributed by atoms with Crippen molar-refractivity contribution in [3.63, 3.8) is 0 Å². The highest BCUT2D eigenvalue weighted by molar-refractivity contribution is 5.83. The van der Waals surface area contributed by atoms with Crippen LogP contribution in [0.3, 0.4) is 0 Å². The molecule has 4 heteroatoms. The monoisotopic (exact) mass is 215 g/mol. The van der Waals surface area contributed by atoms with Crippen LogP contribution >= 0.6 is 0 Å². The highest BCUT2D eigenvalue weighted by atomic mass is 16.5. The van der Waals surface area contributed by atoms with Gasteiger partial charge in [-0.25, -0.2) is 0 Å². The van der Waals surface area contributed by atoms with Crippen LogP contribution in [0.25, 0.3) is 0 Å². The zero-order valence-corrected chi connectivity index (χ0v) is 10.1.